The van der Waals surface area contributed by atoms with E-state index in [1.807, 2.05) is 0 Å². The molecule has 1 atom stereocenters. The van der Waals surface area contributed by atoms with Gasteiger partial charge in [-0.1, -0.05) is 143 Å². The molecule has 5 nitrogen and oxygen atoms in total. The van der Waals surface area contributed by atoms with Gasteiger partial charge in [0.05, 0.1) is 11.1 Å². The highest BCUT2D eigenvalue weighted by Gasteiger charge is 2.52. The molecule has 0 radical (unpaired) electrons. The highest BCUT2D eigenvalue weighted by molar-refractivity contribution is 7.02. The predicted molar refractivity (Wildman–Crippen MR) is 282 cm³/mol. The maximum Gasteiger partial charge on any atom is 0.262 e. The first-order chi connectivity index (χ1) is 32.1. The molecule has 0 saturated heterocycles. The van der Waals surface area contributed by atoms with Crippen molar-refractivity contribution >= 4 is 96.2 Å². The van der Waals surface area contributed by atoms with Gasteiger partial charge in [-0.15, -0.1) is 0 Å². The number of benzene rings is 6. The van der Waals surface area contributed by atoms with Crippen LogP contribution in [0.15, 0.2) is 106 Å². The normalized spacial score (nSPS) is 17.7. The smallest absolute Gasteiger partial charge is 0.262 e. The number of para-hydroxylation sites is 2. The van der Waals surface area contributed by atoms with Crippen LogP contribution in [0.1, 0.15) is 153 Å². The summed E-state index contributed by atoms with van der Waals surface area (Å²) in [6.07, 6.45) is 12.0. The van der Waals surface area contributed by atoms with Crippen molar-refractivity contribution in [3.05, 3.63) is 131 Å². The van der Waals surface area contributed by atoms with Gasteiger partial charge < -0.3 is 23.4 Å². The first-order valence-corrected chi connectivity index (χ1v) is 25.0. The topological polar surface area (TPSA) is 42.0 Å². The highest BCUT2D eigenvalue weighted by Crippen LogP contribution is 2.56. The number of nitrogens with zero attached hydrogens (tertiary/aromatic N) is 2. The summed E-state index contributed by atoms with van der Waals surface area (Å²) < 4.78 is 22.2. The van der Waals surface area contributed by atoms with Gasteiger partial charge >= 0.3 is 0 Å². The average Bonchev–Trinajstić information content (AvgIpc) is 3.87. The average molecular weight is 881 g/mol. The van der Waals surface area contributed by atoms with Crippen LogP contribution in [0.4, 0.5) is 34.1 Å². The lowest BCUT2D eigenvalue weighted by Crippen LogP contribution is -2.63. The summed E-state index contributed by atoms with van der Waals surface area (Å²) >= 11 is 0. The molecule has 6 aromatic carbocycles. The molecule has 8 aromatic rings. The summed E-state index contributed by atoms with van der Waals surface area (Å²) in [6, 6.07) is 34.8. The molecular weight excluding hydrogens is 819 g/mol. The summed E-state index contributed by atoms with van der Waals surface area (Å²) in [5.41, 5.74) is 19.2. The largest absolute Gasteiger partial charge is 0.460 e. The third kappa shape index (κ3) is 5.87. The van der Waals surface area contributed by atoms with E-state index in [0.717, 1.165) is 84.7 Å². The van der Waals surface area contributed by atoms with Crippen LogP contribution in [0.2, 0.25) is 0 Å². The molecule has 1 unspecified atom stereocenters. The van der Waals surface area contributed by atoms with E-state index in [0.29, 0.717) is 5.92 Å². The molecule has 5 heterocycles. The van der Waals surface area contributed by atoms with Gasteiger partial charge in [-0.3, -0.25) is 0 Å². The number of hydrogen-bond donors (Lipinski definition) is 0. The van der Waals surface area contributed by atoms with Crippen LogP contribution in [-0.4, -0.2) is 6.71 Å². The maximum atomic E-state index is 7.75. The van der Waals surface area contributed by atoms with Crippen LogP contribution >= 0.6 is 0 Å². The minimum absolute atomic E-state index is 0.138. The van der Waals surface area contributed by atoms with E-state index >= 15 is 0 Å². The SMILES string of the molecule is CC1CC=Cc2c1oc1cc3c4c(c21)Oc1cc2c(oc5ccc(C6CCCCC6)cc52)c2c1B4c1c(cc(C(C)(C)C)cc1N2c1ccccc1C(C)(C)C)N3c1ccccc1C(C)(C)C. The van der Waals surface area contributed by atoms with Crippen molar-refractivity contribution in [2.45, 2.75) is 136 Å². The van der Waals surface area contributed by atoms with Gasteiger partial charge in [0.25, 0.3) is 6.71 Å². The summed E-state index contributed by atoms with van der Waals surface area (Å²) in [4.78, 5) is 5.16. The molecule has 0 spiro atoms. The van der Waals surface area contributed by atoms with E-state index < -0.39 is 0 Å². The van der Waals surface area contributed by atoms with Crippen molar-refractivity contribution in [2.24, 2.45) is 0 Å². The van der Waals surface area contributed by atoms with Crippen LogP contribution in [0.3, 0.4) is 0 Å². The Balaban J connectivity index is 1.22. The molecule has 6 heteroatoms. The number of furan rings is 2. The molecule has 0 amide bonds. The Morgan fingerprint density at radius 3 is 1.94 bits per heavy atom. The van der Waals surface area contributed by atoms with Gasteiger partial charge in [0.15, 0.2) is 5.58 Å². The van der Waals surface area contributed by atoms with Gasteiger partial charge in [0, 0.05) is 62.2 Å². The van der Waals surface area contributed by atoms with Crippen LogP contribution in [-0.2, 0) is 16.2 Å². The second kappa shape index (κ2) is 14.0. The van der Waals surface area contributed by atoms with Gasteiger partial charge in [-0.2, -0.15) is 0 Å². The van der Waals surface area contributed by atoms with Crippen molar-refractivity contribution in [2.75, 3.05) is 9.80 Å². The number of hydrogen-bond acceptors (Lipinski definition) is 5. The molecule has 1 saturated carbocycles. The lowest BCUT2D eigenvalue weighted by atomic mass is 9.32. The maximum absolute atomic E-state index is 7.75. The van der Waals surface area contributed by atoms with Crippen molar-refractivity contribution in [3.63, 3.8) is 0 Å². The van der Waals surface area contributed by atoms with Crippen molar-refractivity contribution in [3.8, 4) is 11.5 Å². The zero-order valence-corrected chi connectivity index (χ0v) is 40.9. The van der Waals surface area contributed by atoms with E-state index in [2.05, 4.69) is 182 Å². The number of ether oxygens (including phenoxy) is 1. The highest BCUT2D eigenvalue weighted by atomic mass is 16.5. The molecule has 0 bridgehead atoms. The zero-order valence-electron chi connectivity index (χ0n) is 40.9. The Bertz CT molecular complexity index is 3450. The third-order valence-electron chi connectivity index (χ3n) is 16.0. The van der Waals surface area contributed by atoms with Crippen molar-refractivity contribution in [1.82, 2.24) is 0 Å². The van der Waals surface area contributed by atoms with Gasteiger partial charge in [0.1, 0.15) is 28.4 Å². The van der Waals surface area contributed by atoms with E-state index in [4.69, 9.17) is 13.6 Å². The van der Waals surface area contributed by atoms with Crippen LogP contribution in [0.25, 0.3) is 39.0 Å². The molecule has 3 aliphatic heterocycles. The predicted octanol–water partition coefficient (Wildman–Crippen LogP) is 16.0. The van der Waals surface area contributed by atoms with Gasteiger partial charge in [0.2, 0.25) is 0 Å². The van der Waals surface area contributed by atoms with Crippen LogP contribution in [0.5, 0.6) is 11.5 Å². The van der Waals surface area contributed by atoms with Crippen molar-refractivity contribution < 1.29 is 13.6 Å². The minimum Gasteiger partial charge on any atom is -0.460 e. The first kappa shape index (κ1) is 41.1. The second-order valence-corrected chi connectivity index (χ2v) is 23.6. The first-order valence-electron chi connectivity index (χ1n) is 25.0. The molecule has 2 aromatic heterocycles. The molecule has 13 rings (SSSR count). The Hall–Kier alpha value is -6.14. The standard InChI is InChI=1S/C61H61BN2O3/c1-34-19-18-22-38-51-49(66-56(34)38)33-47-53-58(51)67-50-32-40-39-29-36(35-20-12-11-13-21-35)27-28-48(39)65-57(40)55-54(50)62(53)52-45(63(47)43-25-16-14-23-41(43)60(5,6)7)30-37(59(2,3)4)31-46(52)64(55)44-26-17-15-24-42(44)61(8,9)10/h14-18,22-35H,11-13,19-21H2,1-10H3. The van der Waals surface area contributed by atoms with E-state index in [1.165, 1.54) is 82.3 Å². The Kier molecular flexibility index (Phi) is 8.57. The van der Waals surface area contributed by atoms with Gasteiger partial charge in [-0.25, -0.2) is 0 Å². The number of fused-ring (bicyclic) bond motifs is 8. The molecule has 5 aliphatic rings. The van der Waals surface area contributed by atoms with Crippen LogP contribution in [0, 0.1) is 0 Å². The molecule has 1 fully saturated rings. The molecule has 2 aliphatic carbocycles. The quantitative estimate of drug-likeness (QED) is 0.165. The molecule has 67 heavy (non-hydrogen) atoms. The Morgan fingerprint density at radius 2 is 1.25 bits per heavy atom. The number of allylic oxidation sites excluding steroid dienone is 1. The lowest BCUT2D eigenvalue weighted by molar-refractivity contribution is 0.444. The summed E-state index contributed by atoms with van der Waals surface area (Å²) in [5, 5.41) is 3.34. The van der Waals surface area contributed by atoms with Gasteiger partial charge in [-0.05, 0) is 117 Å². The fraction of sp³-hybridized carbons (Fsp3) is 0.344. The fourth-order valence-electron chi connectivity index (χ4n) is 12.7. The molecule has 0 N–H and O–H groups in total. The lowest BCUT2D eigenvalue weighted by Gasteiger charge is -2.48. The Morgan fingerprint density at radius 1 is 0.597 bits per heavy atom. The molecule has 336 valence electrons. The van der Waals surface area contributed by atoms with Crippen LogP contribution < -0.4 is 30.9 Å². The summed E-state index contributed by atoms with van der Waals surface area (Å²) in [6.45, 7) is 23.2. The zero-order chi connectivity index (χ0) is 46.1. The summed E-state index contributed by atoms with van der Waals surface area (Å²) in [7, 11) is 0. The third-order valence-corrected chi connectivity index (χ3v) is 16.0. The van der Waals surface area contributed by atoms with E-state index in [9.17, 15) is 0 Å². The Labute approximate surface area is 395 Å². The second-order valence-electron chi connectivity index (χ2n) is 23.6. The monoisotopic (exact) mass is 880 g/mol. The minimum atomic E-state index is -0.171. The fourth-order valence-corrected chi connectivity index (χ4v) is 12.7. The molecular formula is C61H61BN2O3. The number of anilines is 6. The summed E-state index contributed by atoms with van der Waals surface area (Å²) in [5.74, 6) is 3.68. The number of rotatable bonds is 3. The van der Waals surface area contributed by atoms with E-state index in [-0.39, 0.29) is 28.9 Å². The van der Waals surface area contributed by atoms with Crippen molar-refractivity contribution in [1.29, 1.82) is 0 Å². The van der Waals surface area contributed by atoms with E-state index in [1.54, 1.807) is 0 Å².